The fraction of sp³-hybridized carbons (Fsp3) is 0.200. The summed E-state index contributed by atoms with van der Waals surface area (Å²) >= 11 is 0. The fourth-order valence-electron chi connectivity index (χ4n) is 5.53. The second-order valence-electron chi connectivity index (χ2n) is 11.1. The van der Waals surface area contributed by atoms with Gasteiger partial charge in [0.05, 0.1) is 19.3 Å². The topological polar surface area (TPSA) is 72.8 Å². The number of esters is 1. The van der Waals surface area contributed by atoms with Gasteiger partial charge in [0.2, 0.25) is 0 Å². The Morgan fingerprint density at radius 1 is 0.622 bits per heavy atom. The van der Waals surface area contributed by atoms with Crippen LogP contribution in [0.25, 0.3) is 11.1 Å². The van der Waals surface area contributed by atoms with Crippen molar-refractivity contribution < 1.29 is 24.2 Å². The molecule has 0 aromatic heterocycles. The zero-order valence-electron chi connectivity index (χ0n) is 25.3. The van der Waals surface area contributed by atoms with Crippen LogP contribution in [-0.2, 0) is 31.1 Å². The third kappa shape index (κ3) is 8.42. The van der Waals surface area contributed by atoms with Crippen molar-refractivity contribution in [3.05, 3.63) is 168 Å². The molecule has 0 saturated heterocycles. The number of ether oxygens (including phenoxy) is 2. The van der Waals surface area contributed by atoms with Gasteiger partial charge in [0.25, 0.3) is 0 Å². The third-order valence-electron chi connectivity index (χ3n) is 7.78. The van der Waals surface area contributed by atoms with Crippen molar-refractivity contribution >= 4 is 11.8 Å². The molecule has 0 heterocycles. The van der Waals surface area contributed by atoms with Crippen LogP contribution in [0.5, 0.6) is 0 Å². The molecule has 0 radical (unpaired) electrons. The van der Waals surface area contributed by atoms with Crippen LogP contribution in [0.2, 0.25) is 0 Å². The molecule has 0 amide bonds. The minimum atomic E-state index is -0.917. The summed E-state index contributed by atoms with van der Waals surface area (Å²) in [6, 6.07) is 47.8. The van der Waals surface area contributed by atoms with Crippen LogP contribution < -0.4 is 0 Å². The van der Waals surface area contributed by atoms with Crippen LogP contribution in [0.1, 0.15) is 41.5 Å². The first-order chi connectivity index (χ1) is 22.0. The van der Waals surface area contributed by atoms with Gasteiger partial charge in [-0.15, -0.1) is 0 Å². The Morgan fingerprint density at radius 2 is 1.09 bits per heavy atom. The molecule has 0 bridgehead atoms. The fourth-order valence-corrected chi connectivity index (χ4v) is 5.53. The number of carbonyl (C=O) groups excluding carboxylic acids is 2. The summed E-state index contributed by atoms with van der Waals surface area (Å²) < 4.78 is 12.0. The molecule has 1 atom stereocenters. The van der Waals surface area contributed by atoms with Crippen LogP contribution >= 0.6 is 0 Å². The van der Waals surface area contributed by atoms with Crippen LogP contribution in [-0.4, -0.2) is 36.2 Å². The van der Waals surface area contributed by atoms with Gasteiger partial charge in [-0.3, -0.25) is 9.59 Å². The van der Waals surface area contributed by atoms with Crippen LogP contribution in [0.3, 0.4) is 0 Å². The molecule has 0 unspecified atom stereocenters. The van der Waals surface area contributed by atoms with Crippen molar-refractivity contribution in [2.24, 2.45) is 0 Å². The number of benzene rings is 5. The Balaban J connectivity index is 1.11. The summed E-state index contributed by atoms with van der Waals surface area (Å²) in [7, 11) is 0. The molecular formula is C40H38O5. The minimum Gasteiger partial charge on any atom is -0.465 e. The summed E-state index contributed by atoms with van der Waals surface area (Å²) in [5.74, 6) is -0.747. The Morgan fingerprint density at radius 3 is 1.60 bits per heavy atom. The maximum atomic E-state index is 12.5. The zero-order valence-corrected chi connectivity index (χ0v) is 25.3. The highest BCUT2D eigenvalue weighted by molar-refractivity contribution is 5.96. The van der Waals surface area contributed by atoms with Gasteiger partial charge in [0.15, 0.2) is 0 Å². The monoisotopic (exact) mass is 598 g/mol. The van der Waals surface area contributed by atoms with E-state index in [-0.39, 0.29) is 31.8 Å². The van der Waals surface area contributed by atoms with Gasteiger partial charge in [0.1, 0.15) is 17.8 Å². The van der Waals surface area contributed by atoms with E-state index in [0.717, 1.165) is 33.4 Å². The predicted molar refractivity (Wildman–Crippen MR) is 177 cm³/mol. The van der Waals surface area contributed by atoms with E-state index in [1.807, 2.05) is 146 Å². The van der Waals surface area contributed by atoms with E-state index in [1.165, 1.54) is 0 Å². The van der Waals surface area contributed by atoms with E-state index in [2.05, 4.69) is 0 Å². The first-order valence-corrected chi connectivity index (χ1v) is 15.3. The second-order valence-corrected chi connectivity index (χ2v) is 11.1. The number of Topliss-reactive ketones (excluding diaryl/α,β-unsaturated/α-hetero) is 1. The molecule has 1 N–H and O–H groups in total. The predicted octanol–water partition coefficient (Wildman–Crippen LogP) is 7.55. The highest BCUT2D eigenvalue weighted by Gasteiger charge is 2.38. The average Bonchev–Trinajstić information content (AvgIpc) is 3.09. The maximum Gasteiger partial charge on any atom is 0.313 e. The number of carbonyl (C=O) groups is 2. The van der Waals surface area contributed by atoms with E-state index < -0.39 is 17.7 Å². The number of hydrogen-bond donors (Lipinski definition) is 1. The van der Waals surface area contributed by atoms with Gasteiger partial charge in [-0.25, -0.2) is 0 Å². The molecule has 0 saturated carbocycles. The summed E-state index contributed by atoms with van der Waals surface area (Å²) in [6.07, 6.45) is -0.0599. The molecule has 5 aromatic carbocycles. The molecule has 0 fully saturated rings. The summed E-state index contributed by atoms with van der Waals surface area (Å²) in [4.78, 5) is 24.8. The van der Waals surface area contributed by atoms with E-state index in [0.29, 0.717) is 12.8 Å². The Hall–Kier alpha value is -4.84. The van der Waals surface area contributed by atoms with Gasteiger partial charge in [0, 0.05) is 6.42 Å². The zero-order chi connectivity index (χ0) is 31.3. The maximum absolute atomic E-state index is 12.5. The molecule has 0 aliphatic heterocycles. The van der Waals surface area contributed by atoms with Crippen LogP contribution in [0.15, 0.2) is 146 Å². The highest BCUT2D eigenvalue weighted by Crippen LogP contribution is 2.40. The largest absolute Gasteiger partial charge is 0.465 e. The smallest absolute Gasteiger partial charge is 0.313 e. The number of ketones is 1. The van der Waals surface area contributed by atoms with Gasteiger partial charge >= 0.3 is 5.97 Å². The standard InChI is InChI=1S/C40H38O5/c41-37(22-13-27-44-39(43)29-38(42)28-31-23-25-33(26-24-31)32-14-5-1-6-15-32)30-45-40(34-16-7-2-8-17-34,35-18-9-3-10-19-35)36-20-11-4-12-21-36/h1-12,14-21,23-26,37,41H,13,22,27-30H2/t37-/m1/s1. The van der Waals surface area contributed by atoms with Gasteiger partial charge in [-0.1, -0.05) is 146 Å². The van der Waals surface area contributed by atoms with Gasteiger partial charge in [-0.2, -0.15) is 0 Å². The normalized spacial score (nSPS) is 11.9. The molecule has 5 rings (SSSR count). The lowest BCUT2D eigenvalue weighted by Gasteiger charge is -2.36. The lowest BCUT2D eigenvalue weighted by molar-refractivity contribution is -0.146. The van der Waals surface area contributed by atoms with Gasteiger partial charge in [-0.05, 0) is 46.2 Å². The number of aliphatic hydroxyl groups excluding tert-OH is 1. The summed E-state index contributed by atoms with van der Waals surface area (Å²) in [5, 5.41) is 10.9. The average molecular weight is 599 g/mol. The molecule has 0 aliphatic rings. The SMILES string of the molecule is O=C(CC(=O)OCCC[C@@H](O)COC(c1ccccc1)(c1ccccc1)c1ccccc1)Cc1ccc(-c2ccccc2)cc1. The number of aliphatic hydroxyl groups is 1. The second kappa shape index (κ2) is 15.8. The first kappa shape index (κ1) is 31.6. The van der Waals surface area contributed by atoms with Crippen LogP contribution in [0.4, 0.5) is 0 Å². The lowest BCUT2D eigenvalue weighted by Crippen LogP contribution is -2.35. The van der Waals surface area contributed by atoms with E-state index in [9.17, 15) is 14.7 Å². The lowest BCUT2D eigenvalue weighted by atomic mass is 9.80. The molecule has 228 valence electrons. The molecule has 5 heteroatoms. The quantitative estimate of drug-likeness (QED) is 0.0583. The van der Waals surface area contributed by atoms with Crippen molar-refractivity contribution in [3.8, 4) is 11.1 Å². The Bertz CT molecular complexity index is 1520. The highest BCUT2D eigenvalue weighted by atomic mass is 16.5. The molecule has 5 aromatic rings. The van der Waals surface area contributed by atoms with E-state index in [1.54, 1.807) is 0 Å². The van der Waals surface area contributed by atoms with Gasteiger partial charge < -0.3 is 14.6 Å². The molecule has 45 heavy (non-hydrogen) atoms. The van der Waals surface area contributed by atoms with E-state index in [4.69, 9.17) is 9.47 Å². The Kier molecular flexibility index (Phi) is 11.1. The van der Waals surface area contributed by atoms with Crippen molar-refractivity contribution in [2.75, 3.05) is 13.2 Å². The third-order valence-corrected chi connectivity index (χ3v) is 7.78. The first-order valence-electron chi connectivity index (χ1n) is 15.3. The van der Waals surface area contributed by atoms with Crippen molar-refractivity contribution in [2.45, 2.75) is 37.4 Å². The minimum absolute atomic E-state index is 0.0776. The number of hydrogen-bond acceptors (Lipinski definition) is 5. The molecular weight excluding hydrogens is 560 g/mol. The molecule has 5 nitrogen and oxygen atoms in total. The van der Waals surface area contributed by atoms with Crippen molar-refractivity contribution in [1.82, 2.24) is 0 Å². The van der Waals surface area contributed by atoms with Crippen molar-refractivity contribution in [1.29, 1.82) is 0 Å². The molecule has 0 spiro atoms. The summed E-state index contributed by atoms with van der Waals surface area (Å²) in [6.45, 7) is 0.199. The van der Waals surface area contributed by atoms with E-state index >= 15 is 0 Å². The summed E-state index contributed by atoms with van der Waals surface area (Å²) in [5.41, 5.74) is 5.00. The Labute approximate surface area is 265 Å². The molecule has 0 aliphatic carbocycles. The number of rotatable bonds is 15. The van der Waals surface area contributed by atoms with Crippen molar-refractivity contribution in [3.63, 3.8) is 0 Å². The van der Waals surface area contributed by atoms with Crippen LogP contribution in [0, 0.1) is 0 Å².